The summed E-state index contributed by atoms with van der Waals surface area (Å²) in [5.74, 6) is -1.39. The summed E-state index contributed by atoms with van der Waals surface area (Å²) >= 11 is 0. The van der Waals surface area contributed by atoms with Crippen LogP contribution in [-0.2, 0) is 4.74 Å². The summed E-state index contributed by atoms with van der Waals surface area (Å²) in [5.41, 5.74) is 3.29. The van der Waals surface area contributed by atoms with Gasteiger partial charge in [-0.15, -0.1) is 0 Å². The second-order valence-electron chi connectivity index (χ2n) is 6.17. The number of nitriles is 1. The monoisotopic (exact) mass is 360 g/mol. The van der Waals surface area contributed by atoms with E-state index < -0.39 is 11.6 Å². The zero-order chi connectivity index (χ0) is 18.8. The van der Waals surface area contributed by atoms with Gasteiger partial charge in [0.1, 0.15) is 29.8 Å². The Morgan fingerprint density at radius 1 is 0.889 bits per heavy atom. The van der Waals surface area contributed by atoms with Gasteiger partial charge in [-0.25, -0.2) is 13.8 Å². The standard InChI is InChI=1S/C22H14F2N2O/c23-18-2-1-3-19(24)21(18)22-26-20(13-27-22)17-10-8-16(9-11-17)15-6-4-14(12-25)5-7-15/h1-11,20H,13H2. The molecule has 27 heavy (non-hydrogen) atoms. The van der Waals surface area contributed by atoms with Gasteiger partial charge in [-0.1, -0.05) is 42.5 Å². The van der Waals surface area contributed by atoms with Crippen molar-refractivity contribution in [3.8, 4) is 17.2 Å². The highest BCUT2D eigenvalue weighted by Gasteiger charge is 2.26. The number of hydrogen-bond acceptors (Lipinski definition) is 3. The molecule has 3 nitrogen and oxygen atoms in total. The van der Waals surface area contributed by atoms with Crippen LogP contribution in [0.3, 0.4) is 0 Å². The zero-order valence-electron chi connectivity index (χ0n) is 14.2. The molecule has 0 fully saturated rings. The van der Waals surface area contributed by atoms with Crippen LogP contribution in [0.15, 0.2) is 71.7 Å². The van der Waals surface area contributed by atoms with E-state index in [0.29, 0.717) is 5.56 Å². The number of aliphatic imine (C=N–C) groups is 1. The molecule has 1 unspecified atom stereocenters. The van der Waals surface area contributed by atoms with E-state index in [1.165, 1.54) is 18.2 Å². The van der Waals surface area contributed by atoms with E-state index in [0.717, 1.165) is 16.7 Å². The summed E-state index contributed by atoms with van der Waals surface area (Å²) in [6.45, 7) is 0.235. The van der Waals surface area contributed by atoms with Gasteiger partial charge in [0, 0.05) is 0 Å². The molecule has 5 heteroatoms. The number of ether oxygens (including phenoxy) is 1. The molecule has 0 aromatic heterocycles. The number of hydrogen-bond donors (Lipinski definition) is 0. The van der Waals surface area contributed by atoms with Gasteiger partial charge in [0.2, 0.25) is 5.90 Å². The minimum absolute atomic E-state index is 0.00762. The summed E-state index contributed by atoms with van der Waals surface area (Å²) in [6.07, 6.45) is 0. The van der Waals surface area contributed by atoms with Crippen molar-refractivity contribution in [2.75, 3.05) is 6.61 Å². The maximum Gasteiger partial charge on any atom is 0.222 e. The van der Waals surface area contributed by atoms with Crippen LogP contribution in [0.2, 0.25) is 0 Å². The van der Waals surface area contributed by atoms with Crippen LogP contribution in [0.25, 0.3) is 11.1 Å². The molecular formula is C22H14F2N2O. The van der Waals surface area contributed by atoms with E-state index in [1.807, 2.05) is 36.4 Å². The first-order chi connectivity index (χ1) is 13.2. The fourth-order valence-electron chi connectivity index (χ4n) is 3.02. The van der Waals surface area contributed by atoms with E-state index in [-0.39, 0.29) is 24.1 Å². The molecule has 0 saturated carbocycles. The van der Waals surface area contributed by atoms with Crippen molar-refractivity contribution >= 4 is 5.90 Å². The van der Waals surface area contributed by atoms with Crippen molar-refractivity contribution < 1.29 is 13.5 Å². The molecule has 4 rings (SSSR count). The largest absolute Gasteiger partial charge is 0.475 e. The third kappa shape index (κ3) is 3.30. The molecule has 0 aliphatic carbocycles. The molecule has 1 atom stereocenters. The fraction of sp³-hybridized carbons (Fsp3) is 0.0909. The molecule has 0 saturated heterocycles. The van der Waals surface area contributed by atoms with Gasteiger partial charge >= 0.3 is 0 Å². The lowest BCUT2D eigenvalue weighted by molar-refractivity contribution is 0.317. The lowest BCUT2D eigenvalue weighted by Crippen LogP contribution is -2.07. The van der Waals surface area contributed by atoms with Crippen molar-refractivity contribution in [1.29, 1.82) is 5.26 Å². The third-order valence-electron chi connectivity index (χ3n) is 4.47. The Hall–Kier alpha value is -3.52. The number of rotatable bonds is 3. The number of halogens is 2. The minimum atomic E-state index is -0.689. The molecule has 3 aromatic rings. The van der Waals surface area contributed by atoms with Crippen LogP contribution in [-0.4, -0.2) is 12.5 Å². The van der Waals surface area contributed by atoms with E-state index in [4.69, 9.17) is 10.00 Å². The first-order valence-corrected chi connectivity index (χ1v) is 8.41. The SMILES string of the molecule is N#Cc1ccc(-c2ccc(C3COC(c4c(F)cccc4F)=N3)cc2)cc1. The van der Waals surface area contributed by atoms with Crippen molar-refractivity contribution in [1.82, 2.24) is 0 Å². The predicted octanol–water partition coefficient (Wildman–Crippen LogP) is 5.02. The number of benzene rings is 3. The van der Waals surface area contributed by atoms with Gasteiger partial charge in [-0.3, -0.25) is 0 Å². The van der Waals surface area contributed by atoms with Crippen molar-refractivity contribution in [2.24, 2.45) is 4.99 Å². The summed E-state index contributed by atoms with van der Waals surface area (Å²) in [6, 6.07) is 20.5. The van der Waals surface area contributed by atoms with Gasteiger partial charge in [-0.05, 0) is 41.0 Å². The predicted molar refractivity (Wildman–Crippen MR) is 98.2 cm³/mol. The highest BCUT2D eigenvalue weighted by molar-refractivity contribution is 5.95. The molecule has 0 N–H and O–H groups in total. The van der Waals surface area contributed by atoms with E-state index >= 15 is 0 Å². The minimum Gasteiger partial charge on any atom is -0.475 e. The molecule has 0 spiro atoms. The molecule has 3 aromatic carbocycles. The van der Waals surface area contributed by atoms with Gasteiger partial charge in [0.25, 0.3) is 0 Å². The number of nitrogens with zero attached hydrogens (tertiary/aromatic N) is 2. The maximum atomic E-state index is 13.9. The Kier molecular flexibility index (Phi) is 4.39. The van der Waals surface area contributed by atoms with Crippen LogP contribution >= 0.6 is 0 Å². The van der Waals surface area contributed by atoms with E-state index in [9.17, 15) is 8.78 Å². The molecule has 1 aliphatic heterocycles. The van der Waals surface area contributed by atoms with Crippen LogP contribution in [0.4, 0.5) is 8.78 Å². The lowest BCUT2D eigenvalue weighted by Gasteiger charge is -2.07. The van der Waals surface area contributed by atoms with Crippen molar-refractivity contribution in [3.63, 3.8) is 0 Å². The first kappa shape index (κ1) is 16.9. The van der Waals surface area contributed by atoms with Gasteiger partial charge in [0.15, 0.2) is 0 Å². The molecule has 0 bridgehead atoms. The van der Waals surface area contributed by atoms with Gasteiger partial charge in [-0.2, -0.15) is 5.26 Å². The molecular weight excluding hydrogens is 346 g/mol. The Labute approximate surface area is 155 Å². The summed E-state index contributed by atoms with van der Waals surface area (Å²) < 4.78 is 33.3. The second kappa shape index (κ2) is 7.00. The normalized spacial score (nSPS) is 15.7. The Morgan fingerprint density at radius 2 is 1.48 bits per heavy atom. The molecule has 1 aliphatic rings. The topological polar surface area (TPSA) is 45.4 Å². The summed E-state index contributed by atoms with van der Waals surface area (Å²) in [7, 11) is 0. The first-order valence-electron chi connectivity index (χ1n) is 8.41. The summed E-state index contributed by atoms with van der Waals surface area (Å²) in [5, 5.41) is 8.87. The average Bonchev–Trinajstić information content (AvgIpc) is 3.18. The Bertz CT molecular complexity index is 1030. The van der Waals surface area contributed by atoms with Gasteiger partial charge in [0.05, 0.1) is 11.6 Å². The van der Waals surface area contributed by atoms with Crippen molar-refractivity contribution in [3.05, 3.63) is 95.1 Å². The van der Waals surface area contributed by atoms with E-state index in [1.54, 1.807) is 12.1 Å². The molecule has 1 heterocycles. The quantitative estimate of drug-likeness (QED) is 0.658. The van der Waals surface area contributed by atoms with E-state index in [2.05, 4.69) is 11.1 Å². The van der Waals surface area contributed by atoms with Crippen molar-refractivity contribution in [2.45, 2.75) is 6.04 Å². The Balaban J connectivity index is 1.58. The smallest absolute Gasteiger partial charge is 0.222 e. The zero-order valence-corrected chi connectivity index (χ0v) is 14.2. The van der Waals surface area contributed by atoms with Crippen LogP contribution in [0.5, 0.6) is 0 Å². The molecule has 132 valence electrons. The molecule has 0 amide bonds. The fourth-order valence-corrected chi connectivity index (χ4v) is 3.02. The highest BCUT2D eigenvalue weighted by atomic mass is 19.1. The average molecular weight is 360 g/mol. The Morgan fingerprint density at radius 3 is 2.07 bits per heavy atom. The van der Waals surface area contributed by atoms with Crippen LogP contribution < -0.4 is 0 Å². The molecule has 0 radical (unpaired) electrons. The lowest BCUT2D eigenvalue weighted by atomic mass is 10.0. The van der Waals surface area contributed by atoms with Crippen LogP contribution in [0, 0.1) is 23.0 Å². The maximum absolute atomic E-state index is 13.9. The summed E-state index contributed by atoms with van der Waals surface area (Å²) in [4.78, 5) is 4.35. The highest BCUT2D eigenvalue weighted by Crippen LogP contribution is 2.29. The van der Waals surface area contributed by atoms with Crippen LogP contribution in [0.1, 0.15) is 22.7 Å². The van der Waals surface area contributed by atoms with Gasteiger partial charge < -0.3 is 4.74 Å². The third-order valence-corrected chi connectivity index (χ3v) is 4.47. The second-order valence-corrected chi connectivity index (χ2v) is 6.17.